The Hall–Kier alpha value is -4.23. The van der Waals surface area contributed by atoms with Crippen LogP contribution in [0, 0.1) is 5.41 Å². The van der Waals surface area contributed by atoms with Crippen LogP contribution < -0.4 is 21.7 Å². The lowest BCUT2D eigenvalue weighted by atomic mass is 9.92. The first kappa shape index (κ1) is 71.9. The molecule has 0 aliphatic carbocycles. The van der Waals surface area contributed by atoms with E-state index < -0.39 is 39.7 Å². The molecule has 0 aromatic carbocycles. The Labute approximate surface area is 476 Å². The number of fused-ring (bicyclic) bond motifs is 1. The van der Waals surface area contributed by atoms with Gasteiger partial charge in [-0.2, -0.15) is 8.42 Å². The Balaban J connectivity index is 1.49. The van der Waals surface area contributed by atoms with E-state index in [1.165, 1.54) is 0 Å². The van der Waals surface area contributed by atoms with Gasteiger partial charge in [0, 0.05) is 55.9 Å². The van der Waals surface area contributed by atoms with E-state index in [-0.39, 0.29) is 69.5 Å². The molecule has 0 bridgehead atoms. The van der Waals surface area contributed by atoms with Crippen LogP contribution in [0.3, 0.4) is 0 Å². The fourth-order valence-electron chi connectivity index (χ4n) is 7.33. The third kappa shape index (κ3) is 39.2. The van der Waals surface area contributed by atoms with E-state index in [9.17, 15) is 36.9 Å². The zero-order valence-electron chi connectivity index (χ0n) is 47.6. The number of carboxylic acid groups (broad SMARTS) is 1. The third-order valence-corrected chi connectivity index (χ3v) is 13.0. The number of carboxylic acids is 1. The molecule has 25 nitrogen and oxygen atoms in total. The summed E-state index contributed by atoms with van der Waals surface area (Å²) in [5.74, 6) is -3.00. The highest BCUT2D eigenvalue weighted by atomic mass is 32.2. The van der Waals surface area contributed by atoms with Crippen LogP contribution >= 0.6 is 11.3 Å². The van der Waals surface area contributed by atoms with E-state index in [1.54, 1.807) is 16.2 Å². The van der Waals surface area contributed by atoms with Crippen molar-refractivity contribution < 1.29 is 89.4 Å². The van der Waals surface area contributed by atoms with Crippen LogP contribution in [0.2, 0.25) is 0 Å². The number of unbranched alkanes of at least 4 members (excludes halogenated alkanes) is 2. The van der Waals surface area contributed by atoms with Crippen molar-refractivity contribution in [2.24, 2.45) is 16.1 Å². The van der Waals surface area contributed by atoms with Gasteiger partial charge in [-0.15, -0.1) is 11.3 Å². The number of aliphatic carboxylic acids is 1. The minimum absolute atomic E-state index is 0.00496. The number of rotatable bonds is 51. The first-order valence-corrected chi connectivity index (χ1v) is 30.0. The van der Waals surface area contributed by atoms with Crippen molar-refractivity contribution in [3.8, 4) is 0 Å². The number of nitrogens with zero attached hydrogens (tertiary/aromatic N) is 2. The number of hydrogen-bond acceptors (Lipinski definition) is 20. The quantitative estimate of drug-likeness (QED) is 0.0403. The van der Waals surface area contributed by atoms with Crippen molar-refractivity contribution in [3.05, 3.63) is 21.4 Å². The zero-order valence-corrected chi connectivity index (χ0v) is 49.2. The number of amidine groups is 1. The highest BCUT2D eigenvalue weighted by Crippen LogP contribution is 2.35. The summed E-state index contributed by atoms with van der Waals surface area (Å²) >= 11 is 1.54. The van der Waals surface area contributed by atoms with Gasteiger partial charge in [0.15, 0.2) is 0 Å². The minimum Gasteiger partial charge on any atom is -0.481 e. The van der Waals surface area contributed by atoms with Gasteiger partial charge in [-0.3, -0.25) is 28.5 Å². The van der Waals surface area contributed by atoms with E-state index in [1.807, 2.05) is 39.8 Å². The summed E-state index contributed by atoms with van der Waals surface area (Å²) in [7, 11) is -4.60. The van der Waals surface area contributed by atoms with E-state index in [4.69, 9.17) is 58.2 Å². The largest absolute Gasteiger partial charge is 0.481 e. The summed E-state index contributed by atoms with van der Waals surface area (Å²) in [4.78, 5) is 70.2. The van der Waals surface area contributed by atoms with Crippen LogP contribution in [0.4, 0.5) is 5.69 Å². The molecule has 1 aliphatic rings. The third-order valence-electron chi connectivity index (χ3n) is 11.1. The number of carbonyl (C=O) groups excluding carboxylic acids is 4. The normalized spacial score (nSPS) is 13.0. The SMILES string of the molecule is CCCN(CCCNC(=O)CC(C)(C)C)C(=O)C1=Cc2sc(CCCCCNC(=O)C(CS(=O)(=O)O)NC(=O)CCOCCOCCOCCOCCOCCOCCOCCOCCOCCOCCC(=O)O)cc2N=C(N)C1. The highest BCUT2D eigenvalue weighted by Gasteiger charge is 2.26. The predicted octanol–water partition coefficient (Wildman–Crippen LogP) is 2.94. The van der Waals surface area contributed by atoms with Crippen LogP contribution in [0.5, 0.6) is 0 Å². The van der Waals surface area contributed by atoms with Gasteiger partial charge in [-0.05, 0) is 49.7 Å². The first-order chi connectivity index (χ1) is 38.4. The highest BCUT2D eigenvalue weighted by molar-refractivity contribution is 7.85. The summed E-state index contributed by atoms with van der Waals surface area (Å²) in [6.07, 6.45) is 6.56. The van der Waals surface area contributed by atoms with Crippen LogP contribution in [0.15, 0.2) is 16.6 Å². The van der Waals surface area contributed by atoms with Crippen molar-refractivity contribution >= 4 is 68.7 Å². The molecule has 0 fully saturated rings. The number of thiophene rings is 1. The lowest BCUT2D eigenvalue weighted by Crippen LogP contribution is -2.50. The molecule has 4 amide bonds. The molecule has 1 atom stereocenters. The summed E-state index contributed by atoms with van der Waals surface area (Å²) in [6.45, 7) is 16.8. The molecule has 0 radical (unpaired) electrons. The van der Waals surface area contributed by atoms with Gasteiger partial charge in [0.05, 0.1) is 149 Å². The number of nitrogens with two attached hydrogens (primary N) is 1. The lowest BCUT2D eigenvalue weighted by molar-refractivity contribution is -0.138. The van der Waals surface area contributed by atoms with Crippen LogP contribution in [-0.2, 0) is 87.9 Å². The van der Waals surface area contributed by atoms with Gasteiger partial charge in [0.25, 0.3) is 10.1 Å². The molecule has 0 saturated heterocycles. The van der Waals surface area contributed by atoms with Gasteiger partial charge in [-0.25, -0.2) is 4.99 Å². The smallest absolute Gasteiger partial charge is 0.305 e. The van der Waals surface area contributed by atoms with Gasteiger partial charge < -0.3 is 79.1 Å². The lowest BCUT2D eigenvalue weighted by Gasteiger charge is -2.24. The number of carbonyl (C=O) groups is 5. The Bertz CT molecular complexity index is 2070. The zero-order chi connectivity index (χ0) is 58.7. The second kappa shape index (κ2) is 44.4. The molecule has 27 heteroatoms. The van der Waals surface area contributed by atoms with Crippen molar-refractivity contribution in [3.63, 3.8) is 0 Å². The van der Waals surface area contributed by atoms with Crippen molar-refractivity contribution in [2.75, 3.05) is 164 Å². The summed E-state index contributed by atoms with van der Waals surface area (Å²) in [5.41, 5.74) is 7.45. The molecular weight excluding hydrogens is 1090 g/mol. The van der Waals surface area contributed by atoms with Gasteiger partial charge in [0.2, 0.25) is 23.6 Å². The molecule has 7 N–H and O–H groups in total. The molecule has 0 spiro atoms. The molecule has 1 aromatic rings. The van der Waals surface area contributed by atoms with Crippen molar-refractivity contribution in [1.82, 2.24) is 20.9 Å². The number of ether oxygens (including phenoxy) is 10. The average molecular weight is 1180 g/mol. The fraction of sp³-hybridized carbons (Fsp3) is 0.774. The maximum atomic E-state index is 13.7. The predicted molar refractivity (Wildman–Crippen MR) is 301 cm³/mol. The standard InChI is InChI=1S/C53H92N6O19S2/c1-5-15-59(16-9-14-55-49(61)40-53(2,3)4)52(65)42-37-46-44(57-47(54)38-42)39-43(79-46)10-7-6-8-13-56-51(64)45(41-80(66,67)68)58-48(60)11-17-69-19-21-71-23-25-73-27-29-75-31-33-77-35-36-78-34-32-76-30-28-74-26-24-72-22-20-70-18-12-50(62)63/h37,39,45H,5-36,38,40-41H2,1-4H3,(H2,54,57)(H,55,61)(H,56,64)(H,58,60)(H,62,63)(H,66,67,68). The van der Waals surface area contributed by atoms with Crippen molar-refractivity contribution in [2.45, 2.75) is 97.9 Å². The summed E-state index contributed by atoms with van der Waals surface area (Å²) in [5, 5.41) is 16.5. The molecule has 0 saturated carbocycles. The van der Waals surface area contributed by atoms with E-state index in [0.29, 0.717) is 162 Å². The summed E-state index contributed by atoms with van der Waals surface area (Å²) < 4.78 is 87.0. The maximum Gasteiger partial charge on any atom is 0.305 e. The van der Waals surface area contributed by atoms with Gasteiger partial charge in [0.1, 0.15) is 17.6 Å². The van der Waals surface area contributed by atoms with Crippen LogP contribution in [0.1, 0.15) is 95.2 Å². The molecule has 2 heterocycles. The topological polar surface area (TPSA) is 330 Å². The Morgan fingerprint density at radius 2 is 1.15 bits per heavy atom. The number of hydrogen-bond donors (Lipinski definition) is 6. The molecule has 1 aromatic heterocycles. The molecular formula is C53H92N6O19S2. The monoisotopic (exact) mass is 1180 g/mol. The first-order valence-electron chi connectivity index (χ1n) is 27.6. The minimum atomic E-state index is -4.60. The number of aryl methyl sites for hydroxylation is 1. The second-order valence-corrected chi connectivity index (χ2v) is 22.3. The number of nitrogens with one attached hydrogen (secondary N) is 3. The van der Waals surface area contributed by atoms with Crippen LogP contribution in [-0.4, -0.2) is 229 Å². The summed E-state index contributed by atoms with van der Waals surface area (Å²) in [6, 6.07) is 0.472. The number of amides is 4. The fourth-order valence-corrected chi connectivity index (χ4v) is 9.09. The Morgan fingerprint density at radius 3 is 1.61 bits per heavy atom. The van der Waals surface area contributed by atoms with E-state index >= 15 is 0 Å². The van der Waals surface area contributed by atoms with Gasteiger partial charge in [-0.1, -0.05) is 34.1 Å². The van der Waals surface area contributed by atoms with Crippen molar-refractivity contribution in [1.29, 1.82) is 0 Å². The van der Waals surface area contributed by atoms with Crippen LogP contribution in [0.25, 0.3) is 6.08 Å². The molecule has 1 aliphatic heterocycles. The Kier molecular flexibility index (Phi) is 39.9. The second-order valence-electron chi connectivity index (χ2n) is 19.6. The van der Waals surface area contributed by atoms with E-state index in [0.717, 1.165) is 35.4 Å². The average Bonchev–Trinajstić information content (AvgIpc) is 3.77. The number of aliphatic imine (C=N–C) groups is 1. The molecule has 2 rings (SSSR count). The Morgan fingerprint density at radius 1 is 0.675 bits per heavy atom. The molecule has 1 unspecified atom stereocenters. The molecule has 460 valence electrons. The van der Waals surface area contributed by atoms with Gasteiger partial charge >= 0.3 is 5.97 Å². The maximum absolute atomic E-state index is 13.7. The van der Waals surface area contributed by atoms with E-state index in [2.05, 4.69) is 20.9 Å². The molecule has 80 heavy (non-hydrogen) atoms.